The van der Waals surface area contributed by atoms with Gasteiger partial charge in [0, 0.05) is 18.3 Å². The van der Waals surface area contributed by atoms with Gasteiger partial charge in [-0.25, -0.2) is 4.68 Å². The number of halogens is 1. The second kappa shape index (κ2) is 4.44. The number of aromatic nitrogens is 4. The molecule has 0 aliphatic heterocycles. The number of aryl methyl sites for hydroxylation is 1. The van der Waals surface area contributed by atoms with Crippen molar-refractivity contribution in [3.8, 4) is 0 Å². The SMILES string of the molecule is CCn1cc(C(C)n2ncc(I)c2N)cn1. The molecule has 2 rings (SSSR count). The molecule has 5 nitrogen and oxygen atoms in total. The second-order valence-corrected chi connectivity index (χ2v) is 4.79. The molecule has 0 fully saturated rings. The molecule has 2 N–H and O–H groups in total. The Hall–Kier alpha value is -1.05. The second-order valence-electron chi connectivity index (χ2n) is 3.63. The van der Waals surface area contributed by atoms with Gasteiger partial charge < -0.3 is 5.73 Å². The molecule has 0 aromatic carbocycles. The number of anilines is 1. The molecule has 86 valence electrons. The molecule has 2 aromatic rings. The molecule has 1 unspecified atom stereocenters. The Morgan fingerprint density at radius 3 is 2.69 bits per heavy atom. The van der Waals surface area contributed by atoms with Crippen LogP contribution in [-0.4, -0.2) is 19.6 Å². The Kier molecular flexibility index (Phi) is 3.17. The predicted octanol–water partition coefficient (Wildman–Crippen LogP) is 1.90. The maximum atomic E-state index is 5.95. The number of hydrogen-bond donors (Lipinski definition) is 1. The van der Waals surface area contributed by atoms with Gasteiger partial charge >= 0.3 is 0 Å². The Bertz CT molecular complexity index is 487. The minimum atomic E-state index is 0.115. The number of rotatable bonds is 3. The molecule has 0 aliphatic carbocycles. The van der Waals surface area contributed by atoms with Gasteiger partial charge in [0.2, 0.25) is 0 Å². The summed E-state index contributed by atoms with van der Waals surface area (Å²) in [4.78, 5) is 0. The predicted molar refractivity (Wildman–Crippen MR) is 71.1 cm³/mol. The highest BCUT2D eigenvalue weighted by Gasteiger charge is 2.14. The molecule has 0 radical (unpaired) electrons. The smallest absolute Gasteiger partial charge is 0.135 e. The highest BCUT2D eigenvalue weighted by Crippen LogP contribution is 2.22. The Morgan fingerprint density at radius 1 is 1.44 bits per heavy atom. The summed E-state index contributed by atoms with van der Waals surface area (Å²) < 4.78 is 4.70. The largest absolute Gasteiger partial charge is 0.383 e. The first-order valence-electron chi connectivity index (χ1n) is 5.14. The van der Waals surface area contributed by atoms with Crippen molar-refractivity contribution in [2.45, 2.75) is 26.4 Å². The summed E-state index contributed by atoms with van der Waals surface area (Å²) in [5, 5.41) is 8.52. The fourth-order valence-electron chi connectivity index (χ4n) is 1.57. The summed E-state index contributed by atoms with van der Waals surface area (Å²) in [5.74, 6) is 0.706. The molecule has 6 heteroatoms. The lowest BCUT2D eigenvalue weighted by atomic mass is 10.2. The summed E-state index contributed by atoms with van der Waals surface area (Å²) in [6.07, 6.45) is 5.66. The van der Waals surface area contributed by atoms with Gasteiger partial charge in [0.25, 0.3) is 0 Å². The molecule has 0 saturated carbocycles. The number of nitrogens with zero attached hydrogens (tertiary/aromatic N) is 4. The molecular weight excluding hydrogens is 317 g/mol. The molecule has 0 saturated heterocycles. The van der Waals surface area contributed by atoms with Crippen molar-refractivity contribution >= 4 is 28.4 Å². The normalized spacial score (nSPS) is 12.9. The molecule has 0 bridgehead atoms. The van der Waals surface area contributed by atoms with Crippen LogP contribution in [0.25, 0.3) is 0 Å². The van der Waals surface area contributed by atoms with Crippen molar-refractivity contribution in [3.05, 3.63) is 27.7 Å². The van der Waals surface area contributed by atoms with Crippen molar-refractivity contribution in [3.63, 3.8) is 0 Å². The topological polar surface area (TPSA) is 61.7 Å². The molecule has 2 aromatic heterocycles. The van der Waals surface area contributed by atoms with Gasteiger partial charge in [-0.2, -0.15) is 10.2 Å². The molecule has 1 atom stereocenters. The first-order valence-corrected chi connectivity index (χ1v) is 6.22. The quantitative estimate of drug-likeness (QED) is 0.874. The van der Waals surface area contributed by atoms with E-state index in [1.54, 1.807) is 6.20 Å². The minimum absolute atomic E-state index is 0.115. The number of hydrogen-bond acceptors (Lipinski definition) is 3. The van der Waals surface area contributed by atoms with E-state index in [0.717, 1.165) is 15.7 Å². The van der Waals surface area contributed by atoms with Crippen molar-refractivity contribution in [1.82, 2.24) is 19.6 Å². The highest BCUT2D eigenvalue weighted by molar-refractivity contribution is 14.1. The van der Waals surface area contributed by atoms with Crippen LogP contribution in [0.3, 0.4) is 0 Å². The maximum Gasteiger partial charge on any atom is 0.135 e. The molecule has 0 spiro atoms. The summed E-state index contributed by atoms with van der Waals surface area (Å²) >= 11 is 2.18. The summed E-state index contributed by atoms with van der Waals surface area (Å²) in [7, 11) is 0. The molecule has 0 aliphatic rings. The third-order valence-corrected chi connectivity index (χ3v) is 3.44. The standard InChI is InChI=1S/C10H14IN5/c1-3-15-6-8(4-13-15)7(2)16-10(12)9(11)5-14-16/h4-7H,3,12H2,1-2H3. The summed E-state index contributed by atoms with van der Waals surface area (Å²) in [6.45, 7) is 5.00. The van der Waals surface area contributed by atoms with Crippen LogP contribution >= 0.6 is 22.6 Å². The molecule has 16 heavy (non-hydrogen) atoms. The van der Waals surface area contributed by atoms with E-state index in [2.05, 4.69) is 46.6 Å². The van der Waals surface area contributed by atoms with Crippen LogP contribution in [0, 0.1) is 3.57 Å². The van der Waals surface area contributed by atoms with Crippen molar-refractivity contribution in [2.24, 2.45) is 0 Å². The van der Waals surface area contributed by atoms with E-state index < -0.39 is 0 Å². The fraction of sp³-hybridized carbons (Fsp3) is 0.400. The highest BCUT2D eigenvalue weighted by atomic mass is 127. The Labute approximate surface area is 108 Å². The first-order chi connectivity index (χ1) is 7.63. The van der Waals surface area contributed by atoms with E-state index in [9.17, 15) is 0 Å². The van der Waals surface area contributed by atoms with Crippen molar-refractivity contribution < 1.29 is 0 Å². The van der Waals surface area contributed by atoms with E-state index in [0.29, 0.717) is 5.82 Å². The van der Waals surface area contributed by atoms with Crippen LogP contribution < -0.4 is 5.73 Å². The van der Waals surface area contributed by atoms with Crippen LogP contribution in [0.15, 0.2) is 18.6 Å². The van der Waals surface area contributed by atoms with Gasteiger partial charge in [0.1, 0.15) is 5.82 Å². The van der Waals surface area contributed by atoms with Gasteiger partial charge in [-0.05, 0) is 36.4 Å². The van der Waals surface area contributed by atoms with Crippen molar-refractivity contribution in [2.75, 3.05) is 5.73 Å². The van der Waals surface area contributed by atoms with Crippen LogP contribution in [0.5, 0.6) is 0 Å². The van der Waals surface area contributed by atoms with E-state index in [1.165, 1.54) is 0 Å². The van der Waals surface area contributed by atoms with Gasteiger partial charge in [0.05, 0.1) is 22.0 Å². The van der Waals surface area contributed by atoms with Crippen LogP contribution in [0.4, 0.5) is 5.82 Å². The van der Waals surface area contributed by atoms with E-state index in [-0.39, 0.29) is 6.04 Å². The molecule has 2 heterocycles. The van der Waals surface area contributed by atoms with E-state index >= 15 is 0 Å². The number of nitrogens with two attached hydrogens (primary N) is 1. The zero-order valence-electron chi connectivity index (χ0n) is 9.26. The Morgan fingerprint density at radius 2 is 2.19 bits per heavy atom. The van der Waals surface area contributed by atoms with E-state index in [4.69, 9.17) is 5.73 Å². The van der Waals surface area contributed by atoms with Gasteiger partial charge in [0.15, 0.2) is 0 Å². The molecule has 0 amide bonds. The van der Waals surface area contributed by atoms with Crippen LogP contribution in [0.1, 0.15) is 25.5 Å². The fourth-order valence-corrected chi connectivity index (χ4v) is 1.94. The average molecular weight is 331 g/mol. The lowest BCUT2D eigenvalue weighted by Crippen LogP contribution is -2.11. The van der Waals surface area contributed by atoms with Crippen LogP contribution in [-0.2, 0) is 6.54 Å². The zero-order chi connectivity index (χ0) is 11.7. The maximum absolute atomic E-state index is 5.95. The summed E-state index contributed by atoms with van der Waals surface area (Å²) in [5.41, 5.74) is 7.06. The molecular formula is C10H14IN5. The van der Waals surface area contributed by atoms with Crippen molar-refractivity contribution in [1.29, 1.82) is 0 Å². The van der Waals surface area contributed by atoms with Gasteiger partial charge in [-0.3, -0.25) is 4.68 Å². The van der Waals surface area contributed by atoms with Gasteiger partial charge in [-0.15, -0.1) is 0 Å². The average Bonchev–Trinajstić information content (AvgIpc) is 2.87. The Balaban J connectivity index is 2.31. The first kappa shape index (κ1) is 11.4. The third kappa shape index (κ3) is 1.93. The lowest BCUT2D eigenvalue weighted by Gasteiger charge is -2.11. The zero-order valence-corrected chi connectivity index (χ0v) is 11.4. The monoisotopic (exact) mass is 331 g/mol. The lowest BCUT2D eigenvalue weighted by molar-refractivity contribution is 0.571. The minimum Gasteiger partial charge on any atom is -0.383 e. The van der Waals surface area contributed by atoms with Gasteiger partial charge in [-0.1, -0.05) is 0 Å². The van der Waals surface area contributed by atoms with Crippen LogP contribution in [0.2, 0.25) is 0 Å². The number of nitrogen functional groups attached to an aromatic ring is 1. The third-order valence-electron chi connectivity index (χ3n) is 2.61. The summed E-state index contributed by atoms with van der Waals surface area (Å²) in [6, 6.07) is 0.115. The van der Waals surface area contributed by atoms with E-state index in [1.807, 2.05) is 21.8 Å².